The predicted molar refractivity (Wildman–Crippen MR) is 119 cm³/mol. The minimum atomic E-state index is 0.000623. The Hall–Kier alpha value is -2.89. The van der Waals surface area contributed by atoms with Crippen LogP contribution >= 0.6 is 0 Å². The number of likely N-dealkylation sites (tertiary alicyclic amines) is 1. The average Bonchev–Trinajstić information content (AvgIpc) is 3.09. The molecule has 0 spiro atoms. The van der Waals surface area contributed by atoms with Gasteiger partial charge in [-0.3, -0.25) is 14.6 Å². The van der Waals surface area contributed by atoms with Gasteiger partial charge in [0.25, 0.3) is 11.8 Å². The van der Waals surface area contributed by atoms with Gasteiger partial charge in [-0.05, 0) is 49.2 Å². The molecule has 2 aliphatic rings. The van der Waals surface area contributed by atoms with Crippen molar-refractivity contribution >= 4 is 11.8 Å². The van der Waals surface area contributed by atoms with E-state index in [1.807, 2.05) is 29.2 Å². The van der Waals surface area contributed by atoms with Crippen molar-refractivity contribution in [3.63, 3.8) is 0 Å². The molecule has 1 aliphatic carbocycles. The van der Waals surface area contributed by atoms with Gasteiger partial charge in [0, 0.05) is 49.9 Å². The summed E-state index contributed by atoms with van der Waals surface area (Å²) in [6, 6.07) is 11.3. The first-order valence-corrected chi connectivity index (χ1v) is 11.5. The Labute approximate surface area is 184 Å². The molecule has 164 valence electrons. The van der Waals surface area contributed by atoms with Gasteiger partial charge >= 0.3 is 0 Å². The van der Waals surface area contributed by atoms with Crippen LogP contribution in [0.2, 0.25) is 0 Å². The smallest absolute Gasteiger partial charge is 0.255 e. The molecule has 0 radical (unpaired) electrons. The van der Waals surface area contributed by atoms with Crippen LogP contribution in [0.3, 0.4) is 0 Å². The first kappa shape index (κ1) is 21.3. The van der Waals surface area contributed by atoms with Crippen molar-refractivity contribution in [2.75, 3.05) is 13.1 Å². The number of rotatable bonds is 5. The maximum atomic E-state index is 12.5. The Morgan fingerprint density at radius 2 is 1.61 bits per heavy atom. The number of carbonyl (C=O) groups is 2. The topological polar surface area (TPSA) is 71.5 Å². The summed E-state index contributed by atoms with van der Waals surface area (Å²) in [5, 5.41) is 3.18. The van der Waals surface area contributed by atoms with E-state index in [1.165, 1.54) is 25.7 Å². The molecular weight excluding hydrogens is 390 g/mol. The molecule has 2 heterocycles. The molecule has 2 aromatic rings. The lowest BCUT2D eigenvalue weighted by Gasteiger charge is -2.32. The lowest BCUT2D eigenvalue weighted by molar-refractivity contribution is 0.0595. The van der Waals surface area contributed by atoms with Gasteiger partial charge in [0.05, 0.1) is 5.56 Å². The number of carbonyl (C=O) groups excluding carboxylic acids is 2. The summed E-state index contributed by atoms with van der Waals surface area (Å²) in [5.74, 6) is 0.791. The van der Waals surface area contributed by atoms with Crippen LogP contribution in [0, 0.1) is 0 Å². The number of benzene rings is 1. The predicted octanol–water partition coefficient (Wildman–Crippen LogP) is 4.22. The van der Waals surface area contributed by atoms with E-state index in [-0.39, 0.29) is 17.9 Å². The highest BCUT2D eigenvalue weighted by Gasteiger charge is 2.25. The monoisotopic (exact) mass is 421 g/mol. The average molecular weight is 422 g/mol. The third kappa shape index (κ3) is 5.84. The fourth-order valence-corrected chi connectivity index (χ4v) is 4.42. The van der Waals surface area contributed by atoms with Crippen molar-refractivity contribution in [1.29, 1.82) is 0 Å². The molecule has 6 nitrogen and oxygen atoms in total. The quantitative estimate of drug-likeness (QED) is 0.734. The molecule has 4 rings (SSSR count). The van der Waals surface area contributed by atoms with Gasteiger partial charge < -0.3 is 15.0 Å². The van der Waals surface area contributed by atoms with E-state index < -0.39 is 0 Å². The fourth-order valence-electron chi connectivity index (χ4n) is 4.42. The lowest BCUT2D eigenvalue weighted by atomic mass is 10.1. The molecule has 6 heteroatoms. The van der Waals surface area contributed by atoms with Crippen LogP contribution in [0.25, 0.3) is 0 Å². The Balaban J connectivity index is 1.25. The minimum absolute atomic E-state index is 0.000623. The minimum Gasteiger partial charge on any atom is -0.490 e. The van der Waals surface area contributed by atoms with Crippen molar-refractivity contribution in [3.8, 4) is 5.75 Å². The SMILES string of the molecule is O=C(NC1CCCCCC1)c1ccc(OC2CCN(C(=O)c3cccnc3)CC2)cc1. The third-order valence-corrected chi connectivity index (χ3v) is 6.25. The molecule has 1 aromatic heterocycles. The summed E-state index contributed by atoms with van der Waals surface area (Å²) in [7, 11) is 0. The van der Waals surface area contributed by atoms with Crippen LogP contribution in [-0.2, 0) is 0 Å². The third-order valence-electron chi connectivity index (χ3n) is 6.25. The van der Waals surface area contributed by atoms with Crippen molar-refractivity contribution < 1.29 is 14.3 Å². The van der Waals surface area contributed by atoms with E-state index in [9.17, 15) is 9.59 Å². The Morgan fingerprint density at radius 1 is 0.903 bits per heavy atom. The van der Waals surface area contributed by atoms with Crippen molar-refractivity contribution in [1.82, 2.24) is 15.2 Å². The summed E-state index contributed by atoms with van der Waals surface area (Å²) in [6.45, 7) is 1.33. The molecule has 1 saturated carbocycles. The highest BCUT2D eigenvalue weighted by Crippen LogP contribution is 2.22. The second kappa shape index (κ2) is 10.4. The van der Waals surface area contributed by atoms with E-state index in [0.717, 1.165) is 31.4 Å². The zero-order chi connectivity index (χ0) is 21.5. The molecule has 1 saturated heterocycles. The van der Waals surface area contributed by atoms with Gasteiger partial charge in [0.2, 0.25) is 0 Å². The molecule has 0 atom stereocenters. The highest BCUT2D eigenvalue weighted by molar-refractivity contribution is 5.94. The van der Waals surface area contributed by atoms with Gasteiger partial charge in [0.1, 0.15) is 11.9 Å². The van der Waals surface area contributed by atoms with E-state index in [4.69, 9.17) is 4.74 Å². The van der Waals surface area contributed by atoms with Crippen LogP contribution in [-0.4, -0.2) is 46.9 Å². The molecule has 0 unspecified atom stereocenters. The van der Waals surface area contributed by atoms with Crippen molar-refractivity contribution in [2.45, 2.75) is 63.5 Å². The number of aromatic nitrogens is 1. The van der Waals surface area contributed by atoms with E-state index >= 15 is 0 Å². The van der Waals surface area contributed by atoms with Gasteiger partial charge in [-0.25, -0.2) is 0 Å². The van der Waals surface area contributed by atoms with Crippen LogP contribution in [0.4, 0.5) is 0 Å². The number of hydrogen-bond donors (Lipinski definition) is 1. The molecule has 1 aromatic carbocycles. The van der Waals surface area contributed by atoms with E-state index in [2.05, 4.69) is 10.3 Å². The number of ether oxygens (including phenoxy) is 1. The number of piperidine rings is 1. The van der Waals surface area contributed by atoms with E-state index in [1.54, 1.807) is 24.5 Å². The summed E-state index contributed by atoms with van der Waals surface area (Å²) < 4.78 is 6.11. The Kier molecular flexibility index (Phi) is 7.18. The summed E-state index contributed by atoms with van der Waals surface area (Å²) in [6.07, 6.45) is 12.0. The molecule has 0 bridgehead atoms. The first-order valence-electron chi connectivity index (χ1n) is 11.5. The van der Waals surface area contributed by atoms with Crippen LogP contribution in [0.5, 0.6) is 5.75 Å². The van der Waals surface area contributed by atoms with E-state index in [0.29, 0.717) is 30.3 Å². The highest BCUT2D eigenvalue weighted by atomic mass is 16.5. The number of nitrogens with one attached hydrogen (secondary N) is 1. The maximum absolute atomic E-state index is 12.5. The van der Waals surface area contributed by atoms with Gasteiger partial charge in [-0.15, -0.1) is 0 Å². The van der Waals surface area contributed by atoms with Crippen LogP contribution in [0.1, 0.15) is 72.1 Å². The molecule has 31 heavy (non-hydrogen) atoms. The zero-order valence-electron chi connectivity index (χ0n) is 18.0. The second-order valence-corrected chi connectivity index (χ2v) is 8.54. The van der Waals surface area contributed by atoms with Gasteiger partial charge in [-0.2, -0.15) is 0 Å². The van der Waals surface area contributed by atoms with Crippen LogP contribution < -0.4 is 10.1 Å². The fraction of sp³-hybridized carbons (Fsp3) is 0.480. The van der Waals surface area contributed by atoms with Gasteiger partial charge in [0.15, 0.2) is 0 Å². The Bertz CT molecular complexity index is 853. The number of pyridine rings is 1. The molecule has 2 amide bonds. The number of amides is 2. The largest absolute Gasteiger partial charge is 0.490 e. The van der Waals surface area contributed by atoms with Gasteiger partial charge in [-0.1, -0.05) is 25.7 Å². The summed E-state index contributed by atoms with van der Waals surface area (Å²) >= 11 is 0. The zero-order valence-corrected chi connectivity index (χ0v) is 18.0. The maximum Gasteiger partial charge on any atom is 0.255 e. The lowest BCUT2D eigenvalue weighted by Crippen LogP contribution is -2.41. The summed E-state index contributed by atoms with van der Waals surface area (Å²) in [5.41, 5.74) is 1.30. The summed E-state index contributed by atoms with van der Waals surface area (Å²) in [4.78, 5) is 31.0. The second-order valence-electron chi connectivity index (χ2n) is 8.54. The molecule has 1 aliphatic heterocycles. The number of nitrogens with zero attached hydrogens (tertiary/aromatic N) is 2. The molecule has 2 fully saturated rings. The number of hydrogen-bond acceptors (Lipinski definition) is 4. The van der Waals surface area contributed by atoms with Crippen molar-refractivity contribution in [3.05, 3.63) is 59.9 Å². The molecule has 1 N–H and O–H groups in total. The molecular formula is C25H31N3O3. The standard InChI is InChI=1S/C25H31N3O3/c29-24(27-21-7-3-1-2-4-8-21)19-9-11-22(12-10-19)31-23-13-16-28(17-14-23)25(30)20-6-5-15-26-18-20/h5-6,9-12,15,18,21,23H,1-4,7-8,13-14,16-17H2,(H,27,29). The van der Waals surface area contributed by atoms with Crippen molar-refractivity contribution in [2.24, 2.45) is 0 Å². The van der Waals surface area contributed by atoms with Crippen LogP contribution in [0.15, 0.2) is 48.8 Å². The Morgan fingerprint density at radius 3 is 2.26 bits per heavy atom. The normalized spacial score (nSPS) is 18.3. The first-order chi connectivity index (χ1) is 15.2.